The van der Waals surface area contributed by atoms with Crippen LogP contribution in [0.15, 0.2) is 35.2 Å². The van der Waals surface area contributed by atoms with Crippen LogP contribution in [0.1, 0.15) is 39.5 Å². The van der Waals surface area contributed by atoms with Gasteiger partial charge in [0.1, 0.15) is 0 Å². The third-order valence-electron chi connectivity index (χ3n) is 5.42. The second kappa shape index (κ2) is 15.1. The molecule has 0 saturated carbocycles. The molecule has 0 amide bonds. The van der Waals surface area contributed by atoms with E-state index in [4.69, 9.17) is 19.5 Å². The van der Waals surface area contributed by atoms with Gasteiger partial charge in [-0.2, -0.15) is 0 Å². The first-order valence-electron chi connectivity index (χ1n) is 11.7. The molecule has 0 aliphatic carbocycles. The molecule has 1 saturated heterocycles. The number of nitrogens with two attached hydrogens (primary N) is 1. The highest BCUT2D eigenvalue weighted by Crippen LogP contribution is 2.48. The van der Waals surface area contributed by atoms with Crippen LogP contribution in [0.2, 0.25) is 0 Å². The average Bonchev–Trinajstić information content (AvgIpc) is 2.80. The zero-order valence-electron chi connectivity index (χ0n) is 19.4. The van der Waals surface area contributed by atoms with E-state index in [1.54, 1.807) is 25.6 Å². The predicted octanol–water partition coefficient (Wildman–Crippen LogP) is 4.41. The molecule has 1 heterocycles. The van der Waals surface area contributed by atoms with Crippen LogP contribution in [-0.2, 0) is 23.1 Å². The topological polar surface area (TPSA) is 91.1 Å². The number of hydrogen-bond donors (Lipinski definition) is 1. The summed E-state index contributed by atoms with van der Waals surface area (Å²) in [4.78, 5) is 16.0. The van der Waals surface area contributed by atoms with Gasteiger partial charge < -0.3 is 24.4 Å². The van der Waals surface area contributed by atoms with Crippen LogP contribution < -0.4 is 5.73 Å². The lowest BCUT2D eigenvalue weighted by Gasteiger charge is -2.31. The highest BCUT2D eigenvalue weighted by atomic mass is 32.2. The smallest absolute Gasteiger partial charge is 0.330 e. The second-order valence-corrected chi connectivity index (χ2v) is 11.3. The lowest BCUT2D eigenvalue weighted by atomic mass is 9.97. The van der Waals surface area contributed by atoms with E-state index in [0.29, 0.717) is 19.6 Å². The van der Waals surface area contributed by atoms with Crippen LogP contribution in [0.4, 0.5) is 0 Å². The van der Waals surface area contributed by atoms with Crippen molar-refractivity contribution < 1.29 is 23.1 Å². The minimum absolute atomic E-state index is 0.0563. The highest BCUT2D eigenvalue weighted by Gasteiger charge is 2.27. The molecule has 0 unspecified atom stereocenters. The Kier molecular flexibility index (Phi) is 12.9. The first-order chi connectivity index (χ1) is 15.5. The minimum atomic E-state index is -3.07. The number of rotatable bonds is 15. The molecular formula is C23H39N2O5PS. The molecule has 2 N–H and O–H groups in total. The Balaban J connectivity index is 1.57. The summed E-state index contributed by atoms with van der Waals surface area (Å²) in [7, 11) is -3.07. The summed E-state index contributed by atoms with van der Waals surface area (Å²) < 4.78 is 28.4. The van der Waals surface area contributed by atoms with Crippen molar-refractivity contribution in [3.63, 3.8) is 0 Å². The average molecular weight is 487 g/mol. The molecule has 2 rings (SSSR count). The predicted molar refractivity (Wildman–Crippen MR) is 130 cm³/mol. The summed E-state index contributed by atoms with van der Waals surface area (Å²) in [6.45, 7) is 7.24. The maximum atomic E-state index is 12.4. The summed E-state index contributed by atoms with van der Waals surface area (Å²) in [5, 5.41) is 0. The number of carbonyl (C=O) groups excluding carboxylic acids is 1. The normalized spacial score (nSPS) is 16.7. The number of carbonyl (C=O) groups is 1. The summed E-state index contributed by atoms with van der Waals surface area (Å²) in [5.74, 6) is 0.703. The van der Waals surface area contributed by atoms with Crippen LogP contribution in [0.3, 0.4) is 0 Å². The lowest BCUT2D eigenvalue weighted by molar-refractivity contribution is -0.150. The maximum absolute atomic E-state index is 12.4. The number of hydrogen-bond acceptors (Lipinski definition) is 8. The Morgan fingerprint density at radius 3 is 2.47 bits per heavy atom. The molecule has 7 nitrogen and oxygen atoms in total. The third-order valence-corrected chi connectivity index (χ3v) is 8.78. The van der Waals surface area contributed by atoms with Gasteiger partial charge in [0.15, 0.2) is 0 Å². The van der Waals surface area contributed by atoms with Crippen molar-refractivity contribution in [2.24, 2.45) is 11.7 Å². The molecule has 182 valence electrons. The van der Waals surface area contributed by atoms with Crippen LogP contribution in [0, 0.1) is 5.92 Å². The summed E-state index contributed by atoms with van der Waals surface area (Å²) in [6, 6.07) is 10.5. The number of piperidine rings is 1. The zero-order chi connectivity index (χ0) is 23.2. The van der Waals surface area contributed by atoms with E-state index in [-0.39, 0.29) is 30.7 Å². The van der Waals surface area contributed by atoms with Crippen molar-refractivity contribution in [1.29, 1.82) is 0 Å². The number of likely N-dealkylation sites (tertiary alicyclic amines) is 1. The Bertz CT molecular complexity index is 691. The zero-order valence-corrected chi connectivity index (χ0v) is 21.2. The monoisotopic (exact) mass is 486 g/mol. The molecule has 1 aliphatic heterocycles. The van der Waals surface area contributed by atoms with Crippen LogP contribution >= 0.6 is 19.4 Å². The standard InChI is InChI=1S/C23H39N2O5PS/c1-3-29-31(27,30-4-2)18-8-17-28-23(26)20-11-14-25(15-12-20)16-13-21(24)19-32-22-9-6-5-7-10-22/h5-7,9-10,20-21H,3-4,8,11-19,24H2,1-2H3/t21-/m1/s1. The van der Waals surface area contributed by atoms with Crippen LogP contribution in [-0.4, -0.2) is 68.3 Å². The minimum Gasteiger partial charge on any atom is -0.465 e. The lowest BCUT2D eigenvalue weighted by Crippen LogP contribution is -2.39. The molecule has 1 atom stereocenters. The van der Waals surface area contributed by atoms with Crippen LogP contribution in [0.25, 0.3) is 0 Å². The fourth-order valence-electron chi connectivity index (χ4n) is 3.65. The van der Waals surface area contributed by atoms with Gasteiger partial charge >= 0.3 is 13.6 Å². The van der Waals surface area contributed by atoms with Gasteiger partial charge in [-0.05, 0) is 71.3 Å². The van der Waals surface area contributed by atoms with Gasteiger partial charge in [0.2, 0.25) is 0 Å². The largest absolute Gasteiger partial charge is 0.465 e. The summed E-state index contributed by atoms with van der Waals surface area (Å²) in [5.41, 5.74) is 6.29. The van der Waals surface area contributed by atoms with Crippen molar-refractivity contribution in [2.45, 2.75) is 50.5 Å². The number of nitrogens with zero attached hydrogens (tertiary/aromatic N) is 1. The quantitative estimate of drug-likeness (QED) is 0.169. The van der Waals surface area contributed by atoms with E-state index < -0.39 is 7.60 Å². The molecular weight excluding hydrogens is 447 g/mol. The second-order valence-electron chi connectivity index (χ2n) is 7.98. The van der Waals surface area contributed by atoms with Gasteiger partial charge in [0.25, 0.3) is 0 Å². The number of ether oxygens (including phenoxy) is 1. The van der Waals surface area contributed by atoms with Crippen molar-refractivity contribution >= 4 is 25.3 Å². The van der Waals surface area contributed by atoms with Crippen molar-refractivity contribution in [3.05, 3.63) is 30.3 Å². The first-order valence-corrected chi connectivity index (χ1v) is 14.4. The van der Waals surface area contributed by atoms with Crippen molar-refractivity contribution in [1.82, 2.24) is 4.90 Å². The van der Waals surface area contributed by atoms with Gasteiger partial charge in [-0.25, -0.2) is 0 Å². The Morgan fingerprint density at radius 1 is 1.19 bits per heavy atom. The Labute approximate surface area is 197 Å². The molecule has 0 bridgehead atoms. The van der Waals surface area contributed by atoms with E-state index >= 15 is 0 Å². The highest BCUT2D eigenvalue weighted by molar-refractivity contribution is 7.99. The molecule has 1 aromatic carbocycles. The van der Waals surface area contributed by atoms with E-state index in [1.807, 2.05) is 18.2 Å². The number of benzene rings is 1. The van der Waals surface area contributed by atoms with E-state index in [2.05, 4.69) is 17.0 Å². The van der Waals surface area contributed by atoms with Crippen LogP contribution in [0.5, 0.6) is 0 Å². The van der Waals surface area contributed by atoms with E-state index in [9.17, 15) is 9.36 Å². The molecule has 1 aromatic rings. The van der Waals surface area contributed by atoms with Gasteiger partial charge in [0, 0.05) is 16.7 Å². The van der Waals surface area contributed by atoms with Crippen molar-refractivity contribution in [2.75, 3.05) is 51.4 Å². The Morgan fingerprint density at radius 2 is 1.84 bits per heavy atom. The van der Waals surface area contributed by atoms with Gasteiger partial charge in [0.05, 0.1) is 31.9 Å². The van der Waals surface area contributed by atoms with Gasteiger partial charge in [-0.1, -0.05) is 18.2 Å². The van der Waals surface area contributed by atoms with E-state index in [0.717, 1.165) is 44.6 Å². The van der Waals surface area contributed by atoms with Crippen molar-refractivity contribution in [3.8, 4) is 0 Å². The van der Waals surface area contributed by atoms with Gasteiger partial charge in [-0.15, -0.1) is 11.8 Å². The molecule has 32 heavy (non-hydrogen) atoms. The van der Waals surface area contributed by atoms with Gasteiger partial charge in [-0.3, -0.25) is 9.36 Å². The maximum Gasteiger partial charge on any atom is 0.330 e. The summed E-state index contributed by atoms with van der Waals surface area (Å²) in [6.07, 6.45) is 3.31. The SMILES string of the molecule is CCOP(=O)(CCCOC(=O)C1CCN(CC[C@@H](N)CSc2ccccc2)CC1)OCC. The first kappa shape index (κ1) is 27.4. The summed E-state index contributed by atoms with van der Waals surface area (Å²) >= 11 is 1.80. The number of esters is 1. The van der Waals surface area contributed by atoms with E-state index in [1.165, 1.54) is 4.90 Å². The molecule has 1 aliphatic rings. The fourth-order valence-corrected chi connectivity index (χ4v) is 6.21. The fraction of sp³-hybridized carbons (Fsp3) is 0.696. The molecule has 0 aromatic heterocycles. The Hall–Kier alpha value is -0.890. The number of thioether (sulfide) groups is 1. The molecule has 1 fully saturated rings. The molecule has 0 spiro atoms. The molecule has 9 heteroatoms. The molecule has 0 radical (unpaired) electrons. The third kappa shape index (κ3) is 10.4.